The molecule has 1 N–H and O–H groups in total. The number of anilines is 1. The highest BCUT2D eigenvalue weighted by Gasteiger charge is 2.27. The van der Waals surface area contributed by atoms with Crippen LogP contribution in [0.25, 0.3) is 11.0 Å². The molecule has 31 heavy (non-hydrogen) atoms. The number of aryl methyl sites for hydroxylation is 2. The van der Waals surface area contributed by atoms with Crippen LogP contribution >= 0.6 is 0 Å². The molecule has 8 nitrogen and oxygen atoms in total. The standard InChI is InChI=1S/C22H27N5O3S/c1-2-12-27-20-8-7-18(31(29,30)26-13-3-4-14-26)15-19(20)25-21(27)9-10-22(28)24-17-6-5-11-23-16-17/h5-8,11,15-16H,2-4,9-10,12-14H2,1H3,(H,24,28). The first-order valence-corrected chi connectivity index (χ1v) is 12.1. The molecule has 0 radical (unpaired) electrons. The molecule has 0 saturated carbocycles. The van der Waals surface area contributed by atoms with E-state index in [0.717, 1.165) is 37.1 Å². The van der Waals surface area contributed by atoms with E-state index in [1.165, 1.54) is 0 Å². The Morgan fingerprint density at radius 1 is 1.19 bits per heavy atom. The second-order valence-electron chi connectivity index (χ2n) is 7.73. The molecule has 3 aromatic rings. The summed E-state index contributed by atoms with van der Waals surface area (Å²) >= 11 is 0. The number of nitrogens with one attached hydrogen (secondary N) is 1. The third-order valence-electron chi connectivity index (χ3n) is 5.47. The lowest BCUT2D eigenvalue weighted by Gasteiger charge is -2.15. The number of hydrogen-bond acceptors (Lipinski definition) is 5. The molecule has 1 saturated heterocycles. The molecule has 1 aliphatic rings. The van der Waals surface area contributed by atoms with Crippen LogP contribution < -0.4 is 5.32 Å². The first kappa shape index (κ1) is 21.5. The summed E-state index contributed by atoms with van der Waals surface area (Å²) in [7, 11) is -3.49. The first-order valence-electron chi connectivity index (χ1n) is 10.7. The van der Waals surface area contributed by atoms with Crippen molar-refractivity contribution in [2.45, 2.75) is 50.5 Å². The Labute approximate surface area is 182 Å². The number of pyridine rings is 1. The number of fused-ring (bicyclic) bond motifs is 1. The van der Waals surface area contributed by atoms with Gasteiger partial charge in [0.2, 0.25) is 15.9 Å². The Kier molecular flexibility index (Phi) is 6.33. The average molecular weight is 442 g/mol. The van der Waals surface area contributed by atoms with Gasteiger partial charge in [-0.25, -0.2) is 13.4 Å². The zero-order chi connectivity index (χ0) is 21.8. The molecular weight excluding hydrogens is 414 g/mol. The van der Waals surface area contributed by atoms with Crippen LogP contribution in [0.3, 0.4) is 0 Å². The molecule has 1 amide bonds. The summed E-state index contributed by atoms with van der Waals surface area (Å²) in [5.41, 5.74) is 2.20. The molecule has 3 heterocycles. The predicted molar refractivity (Wildman–Crippen MR) is 119 cm³/mol. The number of carbonyl (C=O) groups is 1. The van der Waals surface area contributed by atoms with Crippen LogP contribution in [0.2, 0.25) is 0 Å². The zero-order valence-electron chi connectivity index (χ0n) is 17.6. The van der Waals surface area contributed by atoms with E-state index in [4.69, 9.17) is 4.98 Å². The van der Waals surface area contributed by atoms with E-state index >= 15 is 0 Å². The number of aromatic nitrogens is 3. The maximum atomic E-state index is 12.9. The van der Waals surface area contributed by atoms with Gasteiger partial charge in [-0.2, -0.15) is 4.31 Å². The number of hydrogen-bond donors (Lipinski definition) is 1. The molecule has 4 rings (SSSR count). The van der Waals surface area contributed by atoms with Gasteiger partial charge in [-0.15, -0.1) is 0 Å². The van der Waals surface area contributed by atoms with Crippen molar-refractivity contribution >= 4 is 32.7 Å². The molecule has 1 fully saturated rings. The van der Waals surface area contributed by atoms with Crippen LogP contribution in [0.1, 0.15) is 38.4 Å². The summed E-state index contributed by atoms with van der Waals surface area (Å²) in [5, 5.41) is 2.83. The highest BCUT2D eigenvalue weighted by Crippen LogP contribution is 2.26. The molecule has 2 aromatic heterocycles. The Hall–Kier alpha value is -2.78. The van der Waals surface area contributed by atoms with E-state index in [2.05, 4.69) is 21.8 Å². The minimum atomic E-state index is -3.49. The fourth-order valence-electron chi connectivity index (χ4n) is 3.95. The van der Waals surface area contributed by atoms with Crippen molar-refractivity contribution in [3.63, 3.8) is 0 Å². The van der Waals surface area contributed by atoms with Gasteiger partial charge in [0.05, 0.1) is 27.8 Å². The zero-order valence-corrected chi connectivity index (χ0v) is 18.4. The van der Waals surface area contributed by atoms with Gasteiger partial charge in [-0.05, 0) is 49.6 Å². The summed E-state index contributed by atoms with van der Waals surface area (Å²) in [4.78, 5) is 21.3. The van der Waals surface area contributed by atoms with E-state index in [1.807, 2.05) is 6.07 Å². The number of sulfonamides is 1. The fourth-order valence-corrected chi connectivity index (χ4v) is 5.48. The lowest BCUT2D eigenvalue weighted by atomic mass is 10.2. The summed E-state index contributed by atoms with van der Waals surface area (Å²) in [5.74, 6) is 0.675. The van der Waals surface area contributed by atoms with Crippen LogP contribution in [0.15, 0.2) is 47.6 Å². The third-order valence-corrected chi connectivity index (χ3v) is 7.36. The predicted octanol–water partition coefficient (Wildman–Crippen LogP) is 3.20. The number of benzene rings is 1. The molecule has 164 valence electrons. The van der Waals surface area contributed by atoms with Crippen LogP contribution in [0, 0.1) is 0 Å². The maximum Gasteiger partial charge on any atom is 0.243 e. The van der Waals surface area contributed by atoms with Gasteiger partial charge in [0.1, 0.15) is 5.82 Å². The molecule has 9 heteroatoms. The topological polar surface area (TPSA) is 97.2 Å². The second kappa shape index (κ2) is 9.15. The molecule has 1 aliphatic heterocycles. The molecule has 0 atom stereocenters. The van der Waals surface area contributed by atoms with E-state index in [-0.39, 0.29) is 17.2 Å². The van der Waals surface area contributed by atoms with E-state index in [1.54, 1.807) is 41.0 Å². The van der Waals surface area contributed by atoms with Gasteiger partial charge in [0.15, 0.2) is 0 Å². The average Bonchev–Trinajstić information content (AvgIpc) is 3.42. The minimum absolute atomic E-state index is 0.111. The monoisotopic (exact) mass is 441 g/mol. The van der Waals surface area contributed by atoms with Crippen LogP contribution in [-0.4, -0.2) is 46.3 Å². The highest BCUT2D eigenvalue weighted by atomic mass is 32.2. The summed E-state index contributed by atoms with van der Waals surface area (Å²) in [6.45, 7) is 3.98. The van der Waals surface area contributed by atoms with Gasteiger partial charge < -0.3 is 9.88 Å². The van der Waals surface area contributed by atoms with E-state index in [0.29, 0.717) is 30.7 Å². The van der Waals surface area contributed by atoms with Crippen molar-refractivity contribution in [3.05, 3.63) is 48.5 Å². The Morgan fingerprint density at radius 3 is 2.71 bits per heavy atom. The van der Waals surface area contributed by atoms with Crippen molar-refractivity contribution in [1.82, 2.24) is 18.8 Å². The highest BCUT2D eigenvalue weighted by molar-refractivity contribution is 7.89. The minimum Gasteiger partial charge on any atom is -0.328 e. The summed E-state index contributed by atoms with van der Waals surface area (Å²) < 4.78 is 29.5. The quantitative estimate of drug-likeness (QED) is 0.579. The van der Waals surface area contributed by atoms with Gasteiger partial charge in [0.25, 0.3) is 0 Å². The molecule has 1 aromatic carbocycles. The van der Waals surface area contributed by atoms with Crippen molar-refractivity contribution in [3.8, 4) is 0 Å². The number of carbonyl (C=O) groups excluding carboxylic acids is 1. The van der Waals surface area contributed by atoms with Crippen LogP contribution in [0.5, 0.6) is 0 Å². The van der Waals surface area contributed by atoms with Crippen molar-refractivity contribution in [2.24, 2.45) is 0 Å². The molecule has 0 aliphatic carbocycles. The van der Waals surface area contributed by atoms with E-state index in [9.17, 15) is 13.2 Å². The molecular formula is C22H27N5O3S. The third kappa shape index (κ3) is 4.62. The van der Waals surface area contributed by atoms with Gasteiger partial charge in [0, 0.05) is 38.7 Å². The Balaban J connectivity index is 1.56. The Bertz CT molecular complexity index is 1170. The van der Waals surface area contributed by atoms with Crippen LogP contribution in [-0.2, 0) is 27.8 Å². The number of imidazole rings is 1. The SMILES string of the molecule is CCCn1c(CCC(=O)Nc2cccnc2)nc2cc(S(=O)(=O)N3CCCC3)ccc21. The number of nitrogens with zero attached hydrogens (tertiary/aromatic N) is 4. The molecule has 0 spiro atoms. The number of rotatable bonds is 8. The Morgan fingerprint density at radius 2 is 2.00 bits per heavy atom. The first-order chi connectivity index (χ1) is 15.0. The maximum absolute atomic E-state index is 12.9. The van der Waals surface area contributed by atoms with Crippen molar-refractivity contribution in [2.75, 3.05) is 18.4 Å². The summed E-state index contributed by atoms with van der Waals surface area (Å²) in [6, 6.07) is 8.72. The van der Waals surface area contributed by atoms with Gasteiger partial charge in [-0.3, -0.25) is 9.78 Å². The second-order valence-corrected chi connectivity index (χ2v) is 9.67. The normalized spacial score (nSPS) is 14.9. The fraction of sp³-hybridized carbons (Fsp3) is 0.409. The smallest absolute Gasteiger partial charge is 0.243 e. The molecule has 0 unspecified atom stereocenters. The molecule has 0 bridgehead atoms. The number of amides is 1. The largest absolute Gasteiger partial charge is 0.328 e. The van der Waals surface area contributed by atoms with E-state index < -0.39 is 10.0 Å². The van der Waals surface area contributed by atoms with Gasteiger partial charge >= 0.3 is 0 Å². The summed E-state index contributed by atoms with van der Waals surface area (Å²) in [6.07, 6.45) is 6.72. The lowest BCUT2D eigenvalue weighted by molar-refractivity contribution is -0.116. The van der Waals surface area contributed by atoms with Crippen LogP contribution in [0.4, 0.5) is 5.69 Å². The van der Waals surface area contributed by atoms with Crippen molar-refractivity contribution in [1.29, 1.82) is 0 Å². The van der Waals surface area contributed by atoms with Gasteiger partial charge in [-0.1, -0.05) is 6.92 Å². The van der Waals surface area contributed by atoms with Crippen molar-refractivity contribution < 1.29 is 13.2 Å². The lowest BCUT2D eigenvalue weighted by Crippen LogP contribution is -2.27.